The minimum atomic E-state index is 0.980. The highest BCUT2D eigenvalue weighted by Crippen LogP contribution is 1.92. The number of hydrogen-bond acceptors (Lipinski definition) is 0. The van der Waals surface area contributed by atoms with E-state index in [1.807, 2.05) is 55.0 Å². The van der Waals surface area contributed by atoms with E-state index in [9.17, 15) is 0 Å². The van der Waals surface area contributed by atoms with Crippen molar-refractivity contribution in [1.82, 2.24) is 0 Å². The van der Waals surface area contributed by atoms with E-state index in [4.69, 9.17) is 0 Å². The fourth-order valence-electron chi connectivity index (χ4n) is 0.970. The van der Waals surface area contributed by atoms with Crippen LogP contribution in [0.25, 0.3) is 0 Å². The Kier molecular flexibility index (Phi) is 6.05. The first-order chi connectivity index (χ1) is 7.00. The van der Waals surface area contributed by atoms with Gasteiger partial charge in [-0.05, 0) is 6.42 Å². The summed E-state index contributed by atoms with van der Waals surface area (Å²) in [6.45, 7) is 0. The van der Waals surface area contributed by atoms with Crippen LogP contribution in [0.4, 0.5) is 0 Å². The van der Waals surface area contributed by atoms with Crippen LogP contribution in [-0.4, -0.2) is 0 Å². The lowest BCUT2D eigenvalue weighted by Crippen LogP contribution is -1.62. The smallest absolute Gasteiger partial charge is 0.00475 e. The zero-order valence-corrected chi connectivity index (χ0v) is 8.21. The molecular weight excluding hydrogens is 168 g/mol. The van der Waals surface area contributed by atoms with Crippen molar-refractivity contribution >= 4 is 0 Å². The molecule has 0 heteroatoms. The van der Waals surface area contributed by atoms with Gasteiger partial charge in [0.15, 0.2) is 0 Å². The molecule has 1 rings (SSSR count). The van der Waals surface area contributed by atoms with Crippen LogP contribution in [-0.2, 0) is 0 Å². The van der Waals surface area contributed by atoms with Crippen molar-refractivity contribution in [1.29, 1.82) is 0 Å². The van der Waals surface area contributed by atoms with Crippen LogP contribution in [0.1, 0.15) is 6.42 Å². The molecule has 0 saturated carbocycles. The molecule has 0 N–H and O–H groups in total. The predicted octanol–water partition coefficient (Wildman–Crippen LogP) is 3.93. The average molecular weight is 183 g/mol. The summed E-state index contributed by atoms with van der Waals surface area (Å²) in [7, 11) is 0. The van der Waals surface area contributed by atoms with Crippen LogP contribution in [0.2, 0.25) is 0 Å². The summed E-state index contributed by atoms with van der Waals surface area (Å²) >= 11 is 0. The zero-order valence-electron chi connectivity index (χ0n) is 8.21. The summed E-state index contributed by atoms with van der Waals surface area (Å²) in [5, 5.41) is 0. The Balaban J connectivity index is 2.56. The molecule has 14 heavy (non-hydrogen) atoms. The molecule has 0 bridgehead atoms. The van der Waals surface area contributed by atoms with Crippen LogP contribution >= 0.6 is 0 Å². The maximum atomic E-state index is 2.12. The first-order valence-corrected chi connectivity index (χ1v) is 4.82. The topological polar surface area (TPSA) is 0 Å². The third-order valence-electron chi connectivity index (χ3n) is 1.66. The van der Waals surface area contributed by atoms with Gasteiger partial charge >= 0.3 is 0 Å². The largest absolute Gasteiger partial charge is 0.0841 e. The second-order valence-corrected chi connectivity index (χ2v) is 2.82. The lowest BCUT2D eigenvalue weighted by Gasteiger charge is -1.82. The van der Waals surface area contributed by atoms with E-state index in [-0.39, 0.29) is 0 Å². The van der Waals surface area contributed by atoms with E-state index in [1.54, 1.807) is 0 Å². The van der Waals surface area contributed by atoms with Crippen molar-refractivity contribution in [3.63, 3.8) is 0 Å². The molecule has 0 aromatic heterocycles. The second kappa shape index (κ2) is 8.06. The molecule has 0 aliphatic heterocycles. The molecule has 71 valence electrons. The molecule has 0 fully saturated rings. The zero-order chi connectivity index (χ0) is 9.90. The van der Waals surface area contributed by atoms with E-state index in [1.165, 1.54) is 0 Å². The maximum Gasteiger partial charge on any atom is 0.00475 e. The highest BCUT2D eigenvalue weighted by Gasteiger charge is 1.72. The molecule has 0 spiro atoms. The second-order valence-electron chi connectivity index (χ2n) is 2.82. The highest BCUT2D eigenvalue weighted by atomic mass is 13.8. The lowest BCUT2D eigenvalue weighted by molar-refractivity contribution is 1.38. The number of hydrogen-bond donors (Lipinski definition) is 0. The van der Waals surface area contributed by atoms with Crippen LogP contribution in [0, 0.1) is 6.42 Å². The monoisotopic (exact) mass is 183 g/mol. The molecule has 0 unspecified atom stereocenters. The molecular formula is C14H15. The van der Waals surface area contributed by atoms with E-state index in [2.05, 4.69) is 24.3 Å². The van der Waals surface area contributed by atoms with Gasteiger partial charge in [0.2, 0.25) is 0 Å². The maximum absolute atomic E-state index is 2.12. The average Bonchev–Trinajstić information content (AvgIpc) is 2.22. The van der Waals surface area contributed by atoms with Crippen LogP contribution in [0.15, 0.2) is 72.9 Å². The van der Waals surface area contributed by atoms with Gasteiger partial charge in [-0.25, -0.2) is 0 Å². The normalized spacial score (nSPS) is 30.9. The molecule has 0 nitrogen and oxygen atoms in total. The molecule has 0 amide bonds. The predicted molar refractivity (Wildman–Crippen MR) is 63.8 cm³/mol. The molecule has 1 aliphatic carbocycles. The first-order valence-electron chi connectivity index (χ1n) is 4.82. The van der Waals surface area contributed by atoms with Gasteiger partial charge in [0.25, 0.3) is 0 Å². The highest BCUT2D eigenvalue weighted by molar-refractivity contribution is 5.21. The summed E-state index contributed by atoms with van der Waals surface area (Å²) < 4.78 is 0. The van der Waals surface area contributed by atoms with Crippen molar-refractivity contribution in [2.45, 2.75) is 6.42 Å². The Labute approximate surface area is 86.3 Å². The van der Waals surface area contributed by atoms with Gasteiger partial charge in [0.05, 0.1) is 0 Å². The molecule has 0 heterocycles. The van der Waals surface area contributed by atoms with Crippen molar-refractivity contribution < 1.29 is 0 Å². The van der Waals surface area contributed by atoms with Crippen molar-refractivity contribution in [3.05, 3.63) is 79.3 Å². The Morgan fingerprint density at radius 3 is 1.64 bits per heavy atom. The van der Waals surface area contributed by atoms with Gasteiger partial charge in [0.1, 0.15) is 0 Å². The third-order valence-corrected chi connectivity index (χ3v) is 1.66. The fraction of sp³-hybridized carbons (Fsp3) is 0.0714. The van der Waals surface area contributed by atoms with Crippen molar-refractivity contribution in [3.8, 4) is 0 Å². The van der Waals surface area contributed by atoms with Crippen molar-refractivity contribution in [2.75, 3.05) is 0 Å². The molecule has 1 aliphatic rings. The van der Waals surface area contributed by atoms with Crippen molar-refractivity contribution in [2.24, 2.45) is 0 Å². The van der Waals surface area contributed by atoms with Crippen LogP contribution < -0.4 is 0 Å². The Hall–Kier alpha value is -1.56. The summed E-state index contributed by atoms with van der Waals surface area (Å²) in [5.74, 6) is 0. The van der Waals surface area contributed by atoms with Gasteiger partial charge in [-0.15, -0.1) is 0 Å². The molecule has 1 radical (unpaired) electrons. The Morgan fingerprint density at radius 2 is 0.929 bits per heavy atom. The standard InChI is InChI=1S/C14H15/c1-2-4-6-8-10-12-14-13-11-9-7-5-3-1/h1-13H,14H2/b2-1-,5-3+,6-4+,9-7+,12-10+,13-11-. The number of rotatable bonds is 0. The molecule has 0 aromatic rings. The van der Waals surface area contributed by atoms with Crippen LogP contribution in [0.3, 0.4) is 0 Å². The quantitative estimate of drug-likeness (QED) is 0.533. The summed E-state index contributed by atoms with van der Waals surface area (Å²) in [6, 6.07) is 0. The van der Waals surface area contributed by atoms with Gasteiger partial charge in [-0.3, -0.25) is 0 Å². The van der Waals surface area contributed by atoms with E-state index < -0.39 is 0 Å². The molecule has 0 saturated heterocycles. The summed E-state index contributed by atoms with van der Waals surface area (Å²) in [5.41, 5.74) is 0. The van der Waals surface area contributed by atoms with Gasteiger partial charge in [0, 0.05) is 6.42 Å². The van der Waals surface area contributed by atoms with E-state index >= 15 is 0 Å². The summed E-state index contributed by atoms with van der Waals surface area (Å²) in [4.78, 5) is 0. The fourth-order valence-corrected chi connectivity index (χ4v) is 0.970. The Bertz CT molecular complexity index is 266. The summed E-state index contributed by atoms with van der Waals surface area (Å²) in [6.07, 6.45) is 27.5. The number of allylic oxidation sites excluding steroid dienone is 12. The van der Waals surface area contributed by atoms with E-state index in [0.29, 0.717) is 0 Å². The van der Waals surface area contributed by atoms with E-state index in [0.717, 1.165) is 6.42 Å². The van der Waals surface area contributed by atoms with Crippen LogP contribution in [0.5, 0.6) is 0 Å². The minimum Gasteiger partial charge on any atom is -0.0841 e. The SMILES string of the molecule is [CH]1/C=C/C=C\C=C\C=C\C=C/C/C=C/1. The van der Waals surface area contributed by atoms with Gasteiger partial charge < -0.3 is 0 Å². The molecule has 0 atom stereocenters. The van der Waals surface area contributed by atoms with Gasteiger partial charge in [-0.1, -0.05) is 72.9 Å². The minimum absolute atomic E-state index is 0.980. The molecule has 0 aromatic carbocycles. The third kappa shape index (κ3) is 6.01. The van der Waals surface area contributed by atoms with Gasteiger partial charge in [-0.2, -0.15) is 0 Å². The first kappa shape index (κ1) is 10.5. The Morgan fingerprint density at radius 1 is 0.429 bits per heavy atom. The lowest BCUT2D eigenvalue weighted by atomic mass is 10.2.